The second-order valence-corrected chi connectivity index (χ2v) is 3.99. The smallest absolute Gasteiger partial charge is 0.0483 e. The van der Waals surface area contributed by atoms with Gasteiger partial charge in [0.2, 0.25) is 0 Å². The molecule has 3 aliphatic rings. The van der Waals surface area contributed by atoms with Gasteiger partial charge in [-0.15, -0.1) is 0 Å². The van der Waals surface area contributed by atoms with E-state index in [1.54, 1.807) is 0 Å². The molecule has 0 aromatic rings. The van der Waals surface area contributed by atoms with Crippen molar-refractivity contribution in [3.8, 4) is 0 Å². The molecule has 1 aliphatic heterocycles. The van der Waals surface area contributed by atoms with Crippen LogP contribution in [0.1, 0.15) is 12.8 Å². The van der Waals surface area contributed by atoms with Gasteiger partial charge in [-0.25, -0.2) is 0 Å². The summed E-state index contributed by atoms with van der Waals surface area (Å²) in [4.78, 5) is 4.74. The number of aliphatic imine (C=N–C) groups is 1. The van der Waals surface area contributed by atoms with Gasteiger partial charge in [-0.3, -0.25) is 4.99 Å². The number of hydrogen-bond donors (Lipinski definition) is 0. The van der Waals surface area contributed by atoms with E-state index >= 15 is 0 Å². The largest absolute Gasteiger partial charge is 0.260 e. The summed E-state index contributed by atoms with van der Waals surface area (Å²) < 4.78 is 0. The predicted octanol–water partition coefficient (Wildman–Crippen LogP) is 3.34. The lowest BCUT2D eigenvalue weighted by Crippen LogP contribution is -2.08. The third-order valence-corrected chi connectivity index (χ3v) is 3.02. The van der Waals surface area contributed by atoms with E-state index in [-0.39, 0.29) is 0 Å². The minimum Gasteiger partial charge on any atom is -0.260 e. The van der Waals surface area contributed by atoms with E-state index in [0.29, 0.717) is 5.92 Å². The van der Waals surface area contributed by atoms with Gasteiger partial charge in [-0.05, 0) is 5.57 Å². The average Bonchev–Trinajstić information content (AvgIpc) is 2.51. The summed E-state index contributed by atoms with van der Waals surface area (Å²) in [6.45, 7) is 0. The molecule has 74 valence electrons. The van der Waals surface area contributed by atoms with Crippen LogP contribution in [-0.2, 0) is 0 Å². The Kier molecular flexibility index (Phi) is 2.02. The summed E-state index contributed by atoms with van der Waals surface area (Å²) in [7, 11) is 0. The summed E-state index contributed by atoms with van der Waals surface area (Å²) in [6.07, 6.45) is 19.2. The molecule has 1 heteroatoms. The van der Waals surface area contributed by atoms with Gasteiger partial charge in [-0.2, -0.15) is 0 Å². The Balaban J connectivity index is 2.03. The van der Waals surface area contributed by atoms with Crippen molar-refractivity contribution in [2.75, 3.05) is 0 Å². The topological polar surface area (TPSA) is 12.4 Å². The van der Waals surface area contributed by atoms with E-state index in [1.165, 1.54) is 17.0 Å². The molecule has 0 saturated heterocycles. The summed E-state index contributed by atoms with van der Waals surface area (Å²) in [5, 5.41) is 0. The first-order valence-electron chi connectivity index (χ1n) is 5.42. The zero-order valence-electron chi connectivity index (χ0n) is 8.56. The second kappa shape index (κ2) is 3.50. The summed E-state index contributed by atoms with van der Waals surface area (Å²) in [5.41, 5.74) is 3.93. The van der Waals surface area contributed by atoms with Crippen molar-refractivity contribution in [1.29, 1.82) is 0 Å². The third kappa shape index (κ3) is 1.44. The molecule has 1 atom stereocenters. The fourth-order valence-electron chi connectivity index (χ4n) is 2.28. The Labute approximate surface area is 89.9 Å². The van der Waals surface area contributed by atoms with Crippen molar-refractivity contribution in [3.05, 3.63) is 59.9 Å². The highest BCUT2D eigenvalue weighted by atomic mass is 14.8. The Morgan fingerprint density at radius 1 is 1.00 bits per heavy atom. The highest BCUT2D eigenvalue weighted by Gasteiger charge is 2.25. The van der Waals surface area contributed by atoms with E-state index in [2.05, 4.69) is 48.6 Å². The maximum atomic E-state index is 4.74. The zero-order valence-corrected chi connectivity index (χ0v) is 8.56. The lowest BCUT2D eigenvalue weighted by atomic mass is 9.93. The molecule has 0 bridgehead atoms. The Morgan fingerprint density at radius 3 is 2.87 bits per heavy atom. The molecule has 0 N–H and O–H groups in total. The van der Waals surface area contributed by atoms with Crippen LogP contribution in [0.5, 0.6) is 0 Å². The van der Waals surface area contributed by atoms with Crippen LogP contribution in [0.4, 0.5) is 0 Å². The highest BCUT2D eigenvalue weighted by Crippen LogP contribution is 2.33. The van der Waals surface area contributed by atoms with E-state index in [1.807, 2.05) is 0 Å². The van der Waals surface area contributed by atoms with E-state index in [9.17, 15) is 0 Å². The van der Waals surface area contributed by atoms with Crippen LogP contribution >= 0.6 is 0 Å². The molecule has 0 aromatic carbocycles. The van der Waals surface area contributed by atoms with Crippen LogP contribution in [0.25, 0.3) is 0 Å². The second-order valence-electron chi connectivity index (χ2n) is 3.99. The molecule has 1 nitrogen and oxygen atoms in total. The Bertz CT molecular complexity index is 456. The van der Waals surface area contributed by atoms with Crippen molar-refractivity contribution in [3.63, 3.8) is 0 Å². The quantitative estimate of drug-likeness (QED) is 0.562. The molecule has 2 aliphatic carbocycles. The fraction of sp³-hybridized carbons (Fsp3) is 0.214. The number of rotatable bonds is 0. The maximum absolute atomic E-state index is 4.74. The normalized spacial score (nSPS) is 27.2. The van der Waals surface area contributed by atoms with Crippen LogP contribution in [0, 0.1) is 5.92 Å². The molecule has 3 rings (SSSR count). The first-order valence-corrected chi connectivity index (χ1v) is 5.42. The first-order chi connectivity index (χ1) is 7.45. The van der Waals surface area contributed by atoms with Gasteiger partial charge in [0.05, 0.1) is 0 Å². The summed E-state index contributed by atoms with van der Waals surface area (Å²) in [6, 6.07) is 0. The van der Waals surface area contributed by atoms with Gasteiger partial charge in [0.1, 0.15) is 0 Å². The van der Waals surface area contributed by atoms with Crippen molar-refractivity contribution >= 4 is 5.71 Å². The lowest BCUT2D eigenvalue weighted by molar-refractivity contribution is 1.06. The number of hydrogen-bond acceptors (Lipinski definition) is 1. The minimum atomic E-state index is 0.422. The minimum absolute atomic E-state index is 0.422. The van der Waals surface area contributed by atoms with Crippen LogP contribution in [0.3, 0.4) is 0 Å². The molecular formula is C14H13N. The first kappa shape index (κ1) is 8.66. The molecule has 1 unspecified atom stereocenters. The summed E-state index contributed by atoms with van der Waals surface area (Å²) in [5.74, 6) is 0.422. The van der Waals surface area contributed by atoms with Crippen LogP contribution in [0.2, 0.25) is 0 Å². The Hall–Kier alpha value is -1.63. The fourth-order valence-corrected chi connectivity index (χ4v) is 2.28. The monoisotopic (exact) mass is 195 g/mol. The van der Waals surface area contributed by atoms with Crippen molar-refractivity contribution in [1.82, 2.24) is 0 Å². The molecule has 0 amide bonds. The molecule has 15 heavy (non-hydrogen) atoms. The predicted molar refractivity (Wildman–Crippen MR) is 63.7 cm³/mol. The number of nitrogens with zero attached hydrogens (tertiary/aromatic N) is 1. The number of fused-ring (bicyclic) bond motifs is 2. The van der Waals surface area contributed by atoms with Crippen molar-refractivity contribution in [2.45, 2.75) is 12.8 Å². The van der Waals surface area contributed by atoms with Crippen molar-refractivity contribution in [2.24, 2.45) is 10.9 Å². The van der Waals surface area contributed by atoms with E-state index in [4.69, 9.17) is 4.99 Å². The molecule has 0 fully saturated rings. The van der Waals surface area contributed by atoms with Crippen LogP contribution in [0.15, 0.2) is 64.9 Å². The molecule has 0 aromatic heterocycles. The number of allylic oxidation sites excluding steroid dienone is 9. The molecule has 1 heterocycles. The maximum Gasteiger partial charge on any atom is 0.0483 e. The standard InChI is InChI=1S/C14H13N/c1-3-7-11-12-8-4-2-6-10-14(12)15-13(11)9-5-1/h1-8,11H,9-10H2. The zero-order chi connectivity index (χ0) is 10.1. The SMILES string of the molecule is C1=CCC2=NC3=C(C=CC=CC3)C2C=C1. The summed E-state index contributed by atoms with van der Waals surface area (Å²) >= 11 is 0. The van der Waals surface area contributed by atoms with Gasteiger partial charge in [0.25, 0.3) is 0 Å². The van der Waals surface area contributed by atoms with Gasteiger partial charge >= 0.3 is 0 Å². The van der Waals surface area contributed by atoms with Crippen molar-refractivity contribution < 1.29 is 0 Å². The molecule has 0 radical (unpaired) electrons. The highest BCUT2D eigenvalue weighted by molar-refractivity contribution is 5.96. The van der Waals surface area contributed by atoms with E-state index < -0.39 is 0 Å². The van der Waals surface area contributed by atoms with Gasteiger partial charge in [0, 0.05) is 30.2 Å². The van der Waals surface area contributed by atoms with Gasteiger partial charge < -0.3 is 0 Å². The van der Waals surface area contributed by atoms with E-state index in [0.717, 1.165) is 12.8 Å². The molecular weight excluding hydrogens is 182 g/mol. The van der Waals surface area contributed by atoms with Crippen LogP contribution < -0.4 is 0 Å². The van der Waals surface area contributed by atoms with Gasteiger partial charge in [-0.1, -0.05) is 48.6 Å². The average molecular weight is 195 g/mol. The van der Waals surface area contributed by atoms with Gasteiger partial charge in [0.15, 0.2) is 0 Å². The Morgan fingerprint density at radius 2 is 1.87 bits per heavy atom. The molecule has 0 spiro atoms. The lowest BCUT2D eigenvalue weighted by Gasteiger charge is -2.08. The third-order valence-electron chi connectivity index (χ3n) is 3.02. The van der Waals surface area contributed by atoms with Crippen LogP contribution in [-0.4, -0.2) is 5.71 Å². The molecule has 0 saturated carbocycles.